The summed E-state index contributed by atoms with van der Waals surface area (Å²) in [6, 6.07) is 7.07. The summed E-state index contributed by atoms with van der Waals surface area (Å²) in [7, 11) is 0. The fraction of sp³-hybridized carbons (Fsp3) is 0.0909. The molecule has 1 aromatic carbocycles. The van der Waals surface area contributed by atoms with Crippen LogP contribution in [-0.4, -0.2) is 20.9 Å². The lowest BCUT2D eigenvalue weighted by atomic mass is 10.3. The van der Waals surface area contributed by atoms with Crippen LogP contribution in [0, 0.1) is 10.5 Å². The minimum atomic E-state index is -1.02. The summed E-state index contributed by atoms with van der Waals surface area (Å²) in [5.74, 6) is -1.02. The summed E-state index contributed by atoms with van der Waals surface area (Å²) >= 11 is 7.78. The highest BCUT2D eigenvalue weighted by Gasteiger charge is 2.18. The molecular weight excluding hydrogens is 354 g/mol. The largest absolute Gasteiger partial charge is 0.476 e. The molecular formula is C11H8ClIN2O2. The molecule has 1 aromatic heterocycles. The molecule has 2 rings (SSSR count). The Morgan fingerprint density at radius 2 is 2.00 bits per heavy atom. The van der Waals surface area contributed by atoms with Crippen molar-refractivity contribution >= 4 is 40.2 Å². The monoisotopic (exact) mass is 362 g/mol. The van der Waals surface area contributed by atoms with Crippen molar-refractivity contribution in [3.63, 3.8) is 0 Å². The van der Waals surface area contributed by atoms with Crippen LogP contribution in [0.15, 0.2) is 24.3 Å². The molecule has 0 unspecified atom stereocenters. The molecule has 0 aliphatic heterocycles. The predicted octanol–water partition coefficient (Wildman–Crippen LogP) is 3.14. The van der Waals surface area contributed by atoms with Crippen molar-refractivity contribution in [1.82, 2.24) is 9.78 Å². The molecule has 0 spiro atoms. The highest BCUT2D eigenvalue weighted by atomic mass is 127. The molecule has 0 saturated carbocycles. The first kappa shape index (κ1) is 12.4. The maximum absolute atomic E-state index is 11.0. The molecule has 0 amide bonds. The number of rotatable bonds is 2. The van der Waals surface area contributed by atoms with Gasteiger partial charge in [0, 0.05) is 5.02 Å². The van der Waals surface area contributed by atoms with Crippen molar-refractivity contribution in [3.8, 4) is 5.69 Å². The quantitative estimate of drug-likeness (QED) is 0.835. The van der Waals surface area contributed by atoms with Crippen molar-refractivity contribution in [1.29, 1.82) is 0 Å². The molecule has 6 heteroatoms. The minimum absolute atomic E-state index is 0.0676. The maximum atomic E-state index is 11.0. The van der Waals surface area contributed by atoms with Gasteiger partial charge in [-0.2, -0.15) is 5.10 Å². The molecule has 0 saturated heterocycles. The SMILES string of the molecule is Cc1c(I)c(C(=O)O)nn1-c1ccc(Cl)cc1. The number of hydrogen-bond acceptors (Lipinski definition) is 2. The van der Waals surface area contributed by atoms with Crippen LogP contribution in [-0.2, 0) is 0 Å². The number of nitrogens with zero attached hydrogens (tertiary/aromatic N) is 2. The molecule has 2 aromatic rings. The van der Waals surface area contributed by atoms with Crippen molar-refractivity contribution in [2.45, 2.75) is 6.92 Å². The van der Waals surface area contributed by atoms with Crippen molar-refractivity contribution < 1.29 is 9.90 Å². The highest BCUT2D eigenvalue weighted by Crippen LogP contribution is 2.21. The van der Waals surface area contributed by atoms with Gasteiger partial charge in [0.05, 0.1) is 15.0 Å². The first-order valence-corrected chi connectivity index (χ1v) is 6.20. The van der Waals surface area contributed by atoms with E-state index in [4.69, 9.17) is 16.7 Å². The van der Waals surface area contributed by atoms with Crippen LogP contribution in [0.5, 0.6) is 0 Å². The van der Waals surface area contributed by atoms with Gasteiger partial charge in [0.25, 0.3) is 0 Å². The maximum Gasteiger partial charge on any atom is 0.357 e. The van der Waals surface area contributed by atoms with E-state index in [-0.39, 0.29) is 5.69 Å². The number of aromatic nitrogens is 2. The van der Waals surface area contributed by atoms with Crippen molar-refractivity contribution in [3.05, 3.63) is 44.2 Å². The molecule has 0 radical (unpaired) electrons. The second kappa shape index (κ2) is 4.66. The van der Waals surface area contributed by atoms with Gasteiger partial charge in [-0.15, -0.1) is 0 Å². The Morgan fingerprint density at radius 1 is 1.41 bits per heavy atom. The van der Waals surface area contributed by atoms with E-state index in [1.807, 2.05) is 29.5 Å². The lowest BCUT2D eigenvalue weighted by Gasteiger charge is -2.03. The van der Waals surface area contributed by atoms with Gasteiger partial charge < -0.3 is 5.11 Å². The second-order valence-corrected chi connectivity index (χ2v) is 4.96. The van der Waals surface area contributed by atoms with Crippen LogP contribution >= 0.6 is 34.2 Å². The third kappa shape index (κ3) is 2.30. The Kier molecular flexibility index (Phi) is 3.39. The van der Waals surface area contributed by atoms with E-state index in [0.29, 0.717) is 8.59 Å². The van der Waals surface area contributed by atoms with E-state index in [1.165, 1.54) is 0 Å². The fourth-order valence-electron chi connectivity index (χ4n) is 1.45. The number of hydrogen-bond donors (Lipinski definition) is 1. The molecule has 0 aliphatic rings. The standard InChI is InChI=1S/C11H8ClIN2O2/c1-6-9(13)10(11(16)17)14-15(6)8-4-2-7(12)3-5-8/h2-5H,1H3,(H,16,17). The average molecular weight is 363 g/mol. The van der Waals surface area contributed by atoms with Crippen molar-refractivity contribution in [2.24, 2.45) is 0 Å². The molecule has 0 fully saturated rings. The number of aromatic carboxylic acids is 1. The molecule has 0 atom stereocenters. The van der Waals surface area contributed by atoms with Crippen LogP contribution < -0.4 is 0 Å². The fourth-order valence-corrected chi connectivity index (χ4v) is 2.15. The van der Waals surface area contributed by atoms with Crippen LogP contribution in [0.4, 0.5) is 0 Å². The summed E-state index contributed by atoms with van der Waals surface area (Å²) in [6.07, 6.45) is 0. The molecule has 17 heavy (non-hydrogen) atoms. The van der Waals surface area contributed by atoms with Gasteiger partial charge in [-0.25, -0.2) is 9.48 Å². The third-order valence-corrected chi connectivity index (χ3v) is 3.86. The van der Waals surface area contributed by atoms with Gasteiger partial charge in [0.1, 0.15) is 0 Å². The summed E-state index contributed by atoms with van der Waals surface area (Å²) in [4.78, 5) is 11.0. The number of carbonyl (C=O) groups is 1. The molecule has 88 valence electrons. The second-order valence-electron chi connectivity index (χ2n) is 3.44. The Hall–Kier alpha value is -1.08. The van der Waals surface area contributed by atoms with Crippen LogP contribution in [0.25, 0.3) is 5.69 Å². The van der Waals surface area contributed by atoms with E-state index in [2.05, 4.69) is 5.10 Å². The third-order valence-electron chi connectivity index (χ3n) is 2.32. The normalized spacial score (nSPS) is 10.5. The zero-order valence-electron chi connectivity index (χ0n) is 8.82. The zero-order valence-corrected chi connectivity index (χ0v) is 11.7. The summed E-state index contributed by atoms with van der Waals surface area (Å²) in [5.41, 5.74) is 1.65. The lowest BCUT2D eigenvalue weighted by molar-refractivity contribution is 0.0689. The first-order chi connectivity index (χ1) is 8.00. The molecule has 1 N–H and O–H groups in total. The summed E-state index contributed by atoms with van der Waals surface area (Å²) in [6.45, 7) is 1.83. The Bertz CT molecular complexity index is 578. The van der Waals surface area contributed by atoms with Crippen LogP contribution in [0.2, 0.25) is 5.02 Å². The Labute approximate surface area is 116 Å². The molecule has 0 aliphatic carbocycles. The Balaban J connectivity index is 2.56. The first-order valence-electron chi connectivity index (χ1n) is 4.75. The van der Waals surface area contributed by atoms with Gasteiger partial charge >= 0.3 is 5.97 Å². The zero-order chi connectivity index (χ0) is 12.6. The van der Waals surface area contributed by atoms with E-state index in [1.54, 1.807) is 28.9 Å². The van der Waals surface area contributed by atoms with E-state index in [0.717, 1.165) is 11.4 Å². The molecule has 1 heterocycles. The van der Waals surface area contributed by atoms with Crippen LogP contribution in [0.3, 0.4) is 0 Å². The lowest BCUT2D eigenvalue weighted by Crippen LogP contribution is -2.02. The Morgan fingerprint density at radius 3 is 2.47 bits per heavy atom. The average Bonchev–Trinajstić information content (AvgIpc) is 2.58. The van der Waals surface area contributed by atoms with Crippen LogP contribution in [0.1, 0.15) is 16.2 Å². The minimum Gasteiger partial charge on any atom is -0.476 e. The topological polar surface area (TPSA) is 55.1 Å². The molecule has 4 nitrogen and oxygen atoms in total. The van der Waals surface area contributed by atoms with Gasteiger partial charge in [-0.3, -0.25) is 0 Å². The highest BCUT2D eigenvalue weighted by molar-refractivity contribution is 14.1. The van der Waals surface area contributed by atoms with Gasteiger partial charge in [0.2, 0.25) is 0 Å². The number of benzene rings is 1. The predicted molar refractivity (Wildman–Crippen MR) is 73.0 cm³/mol. The number of carboxylic acids is 1. The van der Waals surface area contributed by atoms with Crippen molar-refractivity contribution in [2.75, 3.05) is 0 Å². The molecule has 0 bridgehead atoms. The smallest absolute Gasteiger partial charge is 0.357 e. The number of carboxylic acid groups (broad SMARTS) is 1. The van der Waals surface area contributed by atoms with Gasteiger partial charge in [-0.1, -0.05) is 11.6 Å². The number of halogens is 2. The summed E-state index contributed by atoms with van der Waals surface area (Å²) in [5, 5.41) is 13.7. The van der Waals surface area contributed by atoms with E-state index in [9.17, 15) is 4.79 Å². The van der Waals surface area contributed by atoms with E-state index >= 15 is 0 Å². The van der Waals surface area contributed by atoms with E-state index < -0.39 is 5.97 Å². The van der Waals surface area contributed by atoms with Gasteiger partial charge in [0.15, 0.2) is 5.69 Å². The summed E-state index contributed by atoms with van der Waals surface area (Å²) < 4.78 is 2.24. The van der Waals surface area contributed by atoms with Gasteiger partial charge in [-0.05, 0) is 53.8 Å².